The van der Waals surface area contributed by atoms with E-state index in [0.29, 0.717) is 10.8 Å². The molecule has 0 aliphatic carbocycles. The molecule has 17 heavy (non-hydrogen) atoms. The molecule has 86 valence electrons. The highest BCUT2D eigenvalue weighted by Gasteiger charge is 2.13. The second-order valence-corrected chi connectivity index (χ2v) is 4.22. The van der Waals surface area contributed by atoms with Crippen molar-refractivity contribution < 1.29 is 0 Å². The van der Waals surface area contributed by atoms with Crippen molar-refractivity contribution in [1.29, 1.82) is 0 Å². The molecule has 0 saturated carbocycles. The Morgan fingerprint density at radius 2 is 2.24 bits per heavy atom. The molecule has 0 unspecified atom stereocenters. The third kappa shape index (κ3) is 1.47. The summed E-state index contributed by atoms with van der Waals surface area (Å²) >= 11 is 6.16. The number of hydrogen-bond donors (Lipinski definition) is 2. The zero-order valence-corrected chi connectivity index (χ0v) is 9.86. The van der Waals surface area contributed by atoms with Gasteiger partial charge in [0.25, 0.3) is 0 Å². The summed E-state index contributed by atoms with van der Waals surface area (Å²) in [5, 5.41) is 7.41. The van der Waals surface area contributed by atoms with Crippen LogP contribution in [0.15, 0.2) is 24.3 Å². The van der Waals surface area contributed by atoms with Gasteiger partial charge in [0.05, 0.1) is 16.1 Å². The van der Waals surface area contributed by atoms with E-state index >= 15 is 0 Å². The quantitative estimate of drug-likeness (QED) is 0.692. The Morgan fingerprint density at radius 1 is 1.41 bits per heavy atom. The van der Waals surface area contributed by atoms with Crippen LogP contribution in [0.5, 0.6) is 0 Å². The van der Waals surface area contributed by atoms with E-state index in [-0.39, 0.29) is 0 Å². The Labute approximate surface area is 102 Å². The predicted molar refractivity (Wildman–Crippen MR) is 67.7 cm³/mol. The summed E-state index contributed by atoms with van der Waals surface area (Å²) < 4.78 is 1.92. The number of benzene rings is 1. The lowest BCUT2D eigenvalue weighted by atomic mass is 10.3. The van der Waals surface area contributed by atoms with Gasteiger partial charge < -0.3 is 10.3 Å². The number of aromatic nitrogens is 4. The monoisotopic (exact) mass is 247 g/mol. The summed E-state index contributed by atoms with van der Waals surface area (Å²) in [4.78, 5) is 4.51. The molecule has 0 fully saturated rings. The third-order valence-corrected chi connectivity index (χ3v) is 2.99. The number of nitrogens with two attached hydrogens (primary N) is 1. The molecular weight excluding hydrogens is 238 g/mol. The van der Waals surface area contributed by atoms with Crippen molar-refractivity contribution in [3.63, 3.8) is 0 Å². The fourth-order valence-electron chi connectivity index (χ4n) is 1.91. The zero-order valence-electron chi connectivity index (χ0n) is 9.11. The lowest BCUT2D eigenvalue weighted by molar-refractivity contribution is 0.944. The molecule has 0 aliphatic heterocycles. The van der Waals surface area contributed by atoms with Gasteiger partial charge in [0, 0.05) is 13.1 Å². The van der Waals surface area contributed by atoms with Crippen molar-refractivity contribution in [2.24, 2.45) is 7.05 Å². The van der Waals surface area contributed by atoms with Crippen molar-refractivity contribution >= 4 is 28.5 Å². The molecular formula is C11H10ClN5. The number of anilines is 1. The minimum Gasteiger partial charge on any atom is -0.382 e. The number of halogens is 1. The SMILES string of the molecule is Cn1c(-c2cc(N)n[nH]2)nc2cccc(Cl)c21. The topological polar surface area (TPSA) is 72.5 Å². The molecule has 1 aromatic carbocycles. The highest BCUT2D eigenvalue weighted by atomic mass is 35.5. The van der Waals surface area contributed by atoms with E-state index in [2.05, 4.69) is 15.2 Å². The standard InChI is InChI=1S/C11H10ClN5/c1-17-10-6(12)3-2-4-7(10)14-11(17)8-5-9(13)16-15-8/h2-5H,1H3,(H3,13,15,16). The highest BCUT2D eigenvalue weighted by molar-refractivity contribution is 6.35. The van der Waals surface area contributed by atoms with Gasteiger partial charge in [-0.05, 0) is 12.1 Å². The van der Waals surface area contributed by atoms with E-state index in [4.69, 9.17) is 17.3 Å². The van der Waals surface area contributed by atoms with Crippen LogP contribution < -0.4 is 5.73 Å². The summed E-state index contributed by atoms with van der Waals surface area (Å²) in [5.41, 5.74) is 8.11. The normalized spacial score (nSPS) is 11.2. The fourth-order valence-corrected chi connectivity index (χ4v) is 2.21. The van der Waals surface area contributed by atoms with Crippen molar-refractivity contribution in [3.05, 3.63) is 29.3 Å². The van der Waals surface area contributed by atoms with Crippen LogP contribution in [0, 0.1) is 0 Å². The van der Waals surface area contributed by atoms with Crippen LogP contribution in [0.4, 0.5) is 5.82 Å². The number of rotatable bonds is 1. The largest absolute Gasteiger partial charge is 0.382 e. The lowest BCUT2D eigenvalue weighted by Crippen LogP contribution is -1.93. The number of fused-ring (bicyclic) bond motifs is 1. The Morgan fingerprint density at radius 3 is 2.88 bits per heavy atom. The van der Waals surface area contributed by atoms with E-state index in [1.807, 2.05) is 29.8 Å². The first-order valence-corrected chi connectivity index (χ1v) is 5.47. The summed E-state index contributed by atoms with van der Waals surface area (Å²) in [7, 11) is 1.91. The van der Waals surface area contributed by atoms with Gasteiger partial charge in [-0.3, -0.25) is 5.10 Å². The first-order valence-electron chi connectivity index (χ1n) is 5.09. The number of para-hydroxylation sites is 1. The lowest BCUT2D eigenvalue weighted by Gasteiger charge is -2.00. The predicted octanol–water partition coefficient (Wildman–Crippen LogP) is 2.20. The van der Waals surface area contributed by atoms with Crippen LogP contribution in [0.1, 0.15) is 0 Å². The Balaban J connectivity index is 2.32. The summed E-state index contributed by atoms with van der Waals surface area (Å²) in [6.45, 7) is 0. The maximum atomic E-state index is 6.16. The first kappa shape index (κ1) is 10.2. The van der Waals surface area contributed by atoms with Crippen LogP contribution in [0.2, 0.25) is 5.02 Å². The first-order chi connectivity index (χ1) is 8.16. The maximum Gasteiger partial charge on any atom is 0.159 e. The molecule has 0 spiro atoms. The van der Waals surface area contributed by atoms with Gasteiger partial charge in [0.2, 0.25) is 0 Å². The summed E-state index contributed by atoms with van der Waals surface area (Å²) in [5.74, 6) is 1.20. The van der Waals surface area contributed by atoms with Crippen LogP contribution in [0.25, 0.3) is 22.6 Å². The number of H-pyrrole nitrogens is 1. The van der Waals surface area contributed by atoms with Crippen molar-refractivity contribution in [1.82, 2.24) is 19.7 Å². The van der Waals surface area contributed by atoms with E-state index < -0.39 is 0 Å². The van der Waals surface area contributed by atoms with Gasteiger partial charge in [0.1, 0.15) is 11.5 Å². The second kappa shape index (κ2) is 3.49. The number of nitrogen functional groups attached to an aromatic ring is 1. The van der Waals surface area contributed by atoms with Crippen molar-refractivity contribution in [3.8, 4) is 11.5 Å². The average Bonchev–Trinajstić information content (AvgIpc) is 2.84. The van der Waals surface area contributed by atoms with E-state index in [0.717, 1.165) is 22.6 Å². The number of nitrogens with zero attached hydrogens (tertiary/aromatic N) is 3. The molecule has 0 bridgehead atoms. The molecule has 0 saturated heterocycles. The van der Waals surface area contributed by atoms with Crippen LogP contribution >= 0.6 is 11.6 Å². The zero-order chi connectivity index (χ0) is 12.0. The molecule has 2 aromatic heterocycles. The molecule has 0 aliphatic rings. The second-order valence-electron chi connectivity index (χ2n) is 3.81. The summed E-state index contributed by atoms with van der Waals surface area (Å²) in [6, 6.07) is 7.39. The maximum absolute atomic E-state index is 6.16. The molecule has 5 nitrogen and oxygen atoms in total. The number of aromatic amines is 1. The van der Waals surface area contributed by atoms with Crippen molar-refractivity contribution in [2.45, 2.75) is 0 Å². The van der Waals surface area contributed by atoms with Gasteiger partial charge in [-0.1, -0.05) is 17.7 Å². The van der Waals surface area contributed by atoms with Crippen LogP contribution in [-0.4, -0.2) is 19.7 Å². The molecule has 0 atom stereocenters. The van der Waals surface area contributed by atoms with E-state index in [9.17, 15) is 0 Å². The molecule has 3 N–H and O–H groups in total. The molecule has 6 heteroatoms. The number of aryl methyl sites for hydroxylation is 1. The van der Waals surface area contributed by atoms with Gasteiger partial charge in [-0.25, -0.2) is 4.98 Å². The Kier molecular flexibility index (Phi) is 2.09. The Hall–Kier alpha value is -2.01. The fraction of sp³-hybridized carbons (Fsp3) is 0.0909. The summed E-state index contributed by atoms with van der Waals surface area (Å²) in [6.07, 6.45) is 0. The molecule has 3 aromatic rings. The smallest absolute Gasteiger partial charge is 0.159 e. The average molecular weight is 248 g/mol. The molecule has 0 radical (unpaired) electrons. The molecule has 2 heterocycles. The van der Waals surface area contributed by atoms with E-state index in [1.54, 1.807) is 6.07 Å². The highest BCUT2D eigenvalue weighted by Crippen LogP contribution is 2.27. The minimum absolute atomic E-state index is 0.443. The van der Waals surface area contributed by atoms with Gasteiger partial charge in [0.15, 0.2) is 5.82 Å². The van der Waals surface area contributed by atoms with Gasteiger partial charge in [-0.15, -0.1) is 0 Å². The van der Waals surface area contributed by atoms with E-state index in [1.165, 1.54) is 0 Å². The Bertz CT molecular complexity index is 697. The number of nitrogens with one attached hydrogen (secondary N) is 1. The van der Waals surface area contributed by atoms with Gasteiger partial charge >= 0.3 is 0 Å². The van der Waals surface area contributed by atoms with Crippen LogP contribution in [0.3, 0.4) is 0 Å². The third-order valence-electron chi connectivity index (χ3n) is 2.68. The number of imidazole rings is 1. The van der Waals surface area contributed by atoms with Gasteiger partial charge in [-0.2, -0.15) is 5.10 Å². The minimum atomic E-state index is 0.443. The molecule has 0 amide bonds. The molecule has 3 rings (SSSR count). The number of hydrogen-bond acceptors (Lipinski definition) is 3. The van der Waals surface area contributed by atoms with Crippen molar-refractivity contribution in [2.75, 3.05) is 5.73 Å². The van der Waals surface area contributed by atoms with Crippen LogP contribution in [-0.2, 0) is 7.05 Å².